The normalized spacial score (nSPS) is 12.9. The van der Waals surface area contributed by atoms with Gasteiger partial charge >= 0.3 is 11.9 Å². The van der Waals surface area contributed by atoms with E-state index < -0.39 is 30.2 Å². The molecule has 0 atom stereocenters. The van der Waals surface area contributed by atoms with Crippen molar-refractivity contribution in [2.45, 2.75) is 25.8 Å². The molecule has 3 aromatic carbocycles. The fourth-order valence-corrected chi connectivity index (χ4v) is 5.78. The summed E-state index contributed by atoms with van der Waals surface area (Å²) in [7, 11) is 0. The number of rotatable bonds is 8. The van der Waals surface area contributed by atoms with Crippen LogP contribution in [0.5, 0.6) is 5.75 Å². The van der Waals surface area contributed by atoms with E-state index in [1.165, 1.54) is 50.7 Å². The van der Waals surface area contributed by atoms with E-state index in [1.807, 2.05) is 0 Å². The molecule has 2 aromatic heterocycles. The summed E-state index contributed by atoms with van der Waals surface area (Å²) in [5.74, 6) is -1.66. The summed E-state index contributed by atoms with van der Waals surface area (Å²) in [5, 5.41) is 7.16. The van der Waals surface area contributed by atoms with E-state index in [0.717, 1.165) is 10.8 Å². The molecular formula is C32H24BrClF4N6O4. The van der Waals surface area contributed by atoms with Gasteiger partial charge < -0.3 is 15.0 Å². The van der Waals surface area contributed by atoms with Crippen LogP contribution in [0.3, 0.4) is 0 Å². The summed E-state index contributed by atoms with van der Waals surface area (Å²) in [6.07, 6.45) is -2.30. The number of amides is 2. The number of para-hydroxylation sites is 1. The third-order valence-corrected chi connectivity index (χ3v) is 8.81. The Morgan fingerprint density at radius 2 is 1.79 bits per heavy atom. The molecule has 6 rings (SSSR count). The SMILES string of the molecule is O=C(NCc1ccccc1-n1cc(F)cn1)c1c2n(c(=O)n1-c1ccc(OCC(F)(F)F)cc1)CCN(C(=O)c1ccc(Br)c(Cl)c1)C2. The van der Waals surface area contributed by atoms with Crippen LogP contribution >= 0.6 is 27.5 Å². The summed E-state index contributed by atoms with van der Waals surface area (Å²) in [6, 6.07) is 16.9. The van der Waals surface area contributed by atoms with Crippen LogP contribution in [0.4, 0.5) is 17.6 Å². The predicted molar refractivity (Wildman–Crippen MR) is 170 cm³/mol. The molecule has 10 nitrogen and oxygen atoms in total. The van der Waals surface area contributed by atoms with Gasteiger partial charge in [-0.15, -0.1) is 0 Å². The number of carbonyl (C=O) groups is 2. The van der Waals surface area contributed by atoms with Gasteiger partial charge in [0.15, 0.2) is 12.4 Å². The van der Waals surface area contributed by atoms with Gasteiger partial charge in [-0.1, -0.05) is 29.8 Å². The monoisotopic (exact) mass is 746 g/mol. The first-order valence-corrected chi connectivity index (χ1v) is 15.5. The number of fused-ring (bicyclic) bond motifs is 1. The van der Waals surface area contributed by atoms with E-state index in [0.29, 0.717) is 26.3 Å². The van der Waals surface area contributed by atoms with Crippen LogP contribution in [0.25, 0.3) is 11.4 Å². The number of nitrogens with zero attached hydrogens (tertiary/aromatic N) is 5. The van der Waals surface area contributed by atoms with Crippen molar-refractivity contribution < 1.29 is 31.9 Å². The topological polar surface area (TPSA) is 103 Å². The van der Waals surface area contributed by atoms with Gasteiger partial charge in [-0.3, -0.25) is 18.7 Å². The molecule has 2 amide bonds. The number of alkyl halides is 3. The molecule has 3 heterocycles. The smallest absolute Gasteiger partial charge is 0.422 e. The predicted octanol–water partition coefficient (Wildman–Crippen LogP) is 5.91. The summed E-state index contributed by atoms with van der Waals surface area (Å²) in [4.78, 5) is 42.8. The summed E-state index contributed by atoms with van der Waals surface area (Å²) in [5.41, 5.74) is 1.20. The van der Waals surface area contributed by atoms with Gasteiger partial charge in [0.05, 0.1) is 41.0 Å². The molecule has 0 spiro atoms. The minimum atomic E-state index is -4.54. The molecule has 16 heteroatoms. The van der Waals surface area contributed by atoms with Gasteiger partial charge in [-0.25, -0.2) is 13.9 Å². The standard InChI is InChI=1S/C32H24BrClF4N6O4/c33-24-10-5-19(13-25(24)34)30(46)41-11-12-42-27(17-41)28(44(31(42)47)22-6-8-23(9-7-22)48-18-32(36,37)38)29(45)39-14-20-3-1-2-4-26(20)43-16-21(35)15-40-43/h1-10,13,15-16H,11-12,14,17-18H2,(H,39,45). The average molecular weight is 748 g/mol. The van der Waals surface area contributed by atoms with Crippen LogP contribution in [0.15, 0.2) is 88.4 Å². The van der Waals surface area contributed by atoms with Gasteiger partial charge in [0.1, 0.15) is 11.4 Å². The van der Waals surface area contributed by atoms with Crippen molar-refractivity contribution in [2.75, 3.05) is 13.2 Å². The van der Waals surface area contributed by atoms with Gasteiger partial charge in [-0.2, -0.15) is 18.3 Å². The van der Waals surface area contributed by atoms with Crippen molar-refractivity contribution in [1.29, 1.82) is 0 Å². The number of hydrogen-bond donors (Lipinski definition) is 1. The lowest BCUT2D eigenvalue weighted by molar-refractivity contribution is -0.153. The van der Waals surface area contributed by atoms with Crippen molar-refractivity contribution in [3.05, 3.63) is 127 Å². The fraction of sp³-hybridized carbons (Fsp3) is 0.188. The van der Waals surface area contributed by atoms with E-state index >= 15 is 0 Å². The van der Waals surface area contributed by atoms with E-state index in [-0.39, 0.29) is 54.9 Å². The number of carbonyl (C=O) groups excluding carboxylic acids is 2. The van der Waals surface area contributed by atoms with Gasteiger partial charge in [0, 0.05) is 29.7 Å². The summed E-state index contributed by atoms with van der Waals surface area (Å²) < 4.78 is 61.1. The van der Waals surface area contributed by atoms with Gasteiger partial charge in [0.2, 0.25) is 0 Å². The lowest BCUT2D eigenvalue weighted by atomic mass is 10.1. The minimum absolute atomic E-state index is 0.0421. The molecule has 248 valence electrons. The van der Waals surface area contributed by atoms with E-state index in [4.69, 9.17) is 16.3 Å². The zero-order valence-electron chi connectivity index (χ0n) is 24.7. The van der Waals surface area contributed by atoms with Crippen LogP contribution in [0.2, 0.25) is 5.02 Å². The lowest BCUT2D eigenvalue weighted by Crippen LogP contribution is -2.41. The molecule has 0 radical (unpaired) electrons. The third-order valence-electron chi connectivity index (χ3n) is 7.57. The quantitative estimate of drug-likeness (QED) is 0.199. The Hall–Kier alpha value is -4.89. The van der Waals surface area contributed by atoms with Crippen LogP contribution in [0, 0.1) is 5.82 Å². The molecule has 1 aliphatic rings. The van der Waals surface area contributed by atoms with Crippen LogP contribution in [0.1, 0.15) is 32.1 Å². The number of imidazole rings is 1. The highest BCUT2D eigenvalue weighted by Crippen LogP contribution is 2.27. The number of aromatic nitrogens is 4. The second kappa shape index (κ2) is 13.3. The van der Waals surface area contributed by atoms with Crippen molar-refractivity contribution in [3.63, 3.8) is 0 Å². The first-order valence-electron chi connectivity index (χ1n) is 14.3. The maximum Gasteiger partial charge on any atom is 0.422 e. The van der Waals surface area contributed by atoms with E-state index in [1.54, 1.807) is 36.4 Å². The first-order chi connectivity index (χ1) is 22.9. The number of ether oxygens (including phenoxy) is 1. The first kappa shape index (κ1) is 33.0. The second-order valence-corrected chi connectivity index (χ2v) is 12.0. The fourth-order valence-electron chi connectivity index (χ4n) is 5.35. The molecule has 0 unspecified atom stereocenters. The summed E-state index contributed by atoms with van der Waals surface area (Å²) in [6.45, 7) is -1.42. The maximum atomic E-state index is 14.0. The molecule has 0 saturated heterocycles. The molecule has 1 aliphatic heterocycles. The molecular weight excluding hydrogens is 724 g/mol. The zero-order valence-corrected chi connectivity index (χ0v) is 27.0. The van der Waals surface area contributed by atoms with Crippen molar-refractivity contribution in [1.82, 2.24) is 29.1 Å². The Labute approximate surface area is 283 Å². The van der Waals surface area contributed by atoms with E-state index in [2.05, 4.69) is 26.3 Å². The van der Waals surface area contributed by atoms with Gasteiger partial charge in [0.25, 0.3) is 11.8 Å². The number of benzene rings is 3. The van der Waals surface area contributed by atoms with Gasteiger partial charge in [-0.05, 0) is 70.0 Å². The molecule has 0 bridgehead atoms. The average Bonchev–Trinajstić information content (AvgIpc) is 3.63. The Balaban J connectivity index is 1.35. The second-order valence-electron chi connectivity index (χ2n) is 10.7. The molecule has 48 heavy (non-hydrogen) atoms. The van der Waals surface area contributed by atoms with Crippen molar-refractivity contribution in [2.24, 2.45) is 0 Å². The van der Waals surface area contributed by atoms with Crippen molar-refractivity contribution in [3.8, 4) is 17.1 Å². The molecule has 0 fully saturated rings. The Morgan fingerprint density at radius 1 is 1.04 bits per heavy atom. The largest absolute Gasteiger partial charge is 0.484 e. The highest BCUT2D eigenvalue weighted by molar-refractivity contribution is 9.10. The lowest BCUT2D eigenvalue weighted by Gasteiger charge is -2.28. The van der Waals surface area contributed by atoms with Crippen molar-refractivity contribution >= 4 is 39.3 Å². The number of halogens is 6. The zero-order chi connectivity index (χ0) is 34.2. The highest BCUT2D eigenvalue weighted by atomic mass is 79.9. The maximum absolute atomic E-state index is 14.0. The minimum Gasteiger partial charge on any atom is -0.484 e. The number of hydrogen-bond acceptors (Lipinski definition) is 5. The molecule has 0 aliphatic carbocycles. The Morgan fingerprint density at radius 3 is 2.48 bits per heavy atom. The van der Waals surface area contributed by atoms with Crippen LogP contribution in [-0.2, 0) is 19.6 Å². The summed E-state index contributed by atoms with van der Waals surface area (Å²) >= 11 is 9.52. The number of nitrogens with one attached hydrogen (secondary N) is 1. The third kappa shape index (κ3) is 6.87. The Kier molecular flexibility index (Phi) is 9.16. The molecule has 1 N–H and O–H groups in total. The Bertz CT molecular complexity index is 2080. The van der Waals surface area contributed by atoms with E-state index in [9.17, 15) is 31.9 Å². The molecule has 5 aromatic rings. The van der Waals surface area contributed by atoms with Crippen LogP contribution < -0.4 is 15.7 Å². The highest BCUT2D eigenvalue weighted by Gasteiger charge is 2.33. The van der Waals surface area contributed by atoms with Crippen LogP contribution in [-0.4, -0.2) is 55.0 Å². The molecule has 0 saturated carbocycles.